The molecule has 3 rings (SSSR count). The van der Waals surface area contributed by atoms with Crippen molar-refractivity contribution in [3.8, 4) is 16.5 Å². The van der Waals surface area contributed by atoms with Crippen LogP contribution in [0.25, 0.3) is 10.4 Å². The van der Waals surface area contributed by atoms with E-state index in [1.165, 1.54) is 17.4 Å². The first-order valence-corrected chi connectivity index (χ1v) is 11.6. The predicted molar refractivity (Wildman–Crippen MR) is 109 cm³/mol. The molecule has 1 amide bonds. The standard InChI is InChI=1S/C19H22N4O4S2/c1-2-22-29(26,27)17-9-12(10-20)3-8-15(17)16-11-21-18(28-16)13-4-6-14(7-5-13)23-19(24)25/h3,8-9,11,13-14,22-23H,2,4-7H2,1H3,(H,24,25). The Morgan fingerprint density at radius 1 is 1.34 bits per heavy atom. The summed E-state index contributed by atoms with van der Waals surface area (Å²) in [6.07, 6.45) is 3.83. The summed E-state index contributed by atoms with van der Waals surface area (Å²) in [4.78, 5) is 16.1. The Kier molecular flexibility index (Phi) is 6.52. The first-order valence-electron chi connectivity index (χ1n) is 9.33. The summed E-state index contributed by atoms with van der Waals surface area (Å²) in [6, 6.07) is 6.58. The normalized spacial score (nSPS) is 19.4. The Morgan fingerprint density at radius 2 is 2.07 bits per heavy atom. The van der Waals surface area contributed by atoms with Gasteiger partial charge in [-0.2, -0.15) is 5.26 Å². The maximum absolute atomic E-state index is 12.6. The average Bonchev–Trinajstić information content (AvgIpc) is 3.17. The lowest BCUT2D eigenvalue weighted by Gasteiger charge is -2.27. The summed E-state index contributed by atoms with van der Waals surface area (Å²) in [7, 11) is -3.74. The van der Waals surface area contributed by atoms with Crippen LogP contribution < -0.4 is 10.0 Å². The molecule has 0 radical (unpaired) electrons. The van der Waals surface area contributed by atoms with E-state index in [9.17, 15) is 13.2 Å². The van der Waals surface area contributed by atoms with E-state index < -0.39 is 16.1 Å². The van der Waals surface area contributed by atoms with E-state index in [-0.39, 0.29) is 29.0 Å². The Hall–Kier alpha value is -2.48. The fourth-order valence-corrected chi connectivity index (χ4v) is 6.02. The number of carbonyl (C=O) groups is 1. The van der Waals surface area contributed by atoms with Gasteiger partial charge in [0.1, 0.15) is 0 Å². The number of benzene rings is 1. The molecule has 1 saturated carbocycles. The molecule has 0 spiro atoms. The smallest absolute Gasteiger partial charge is 0.404 e. The van der Waals surface area contributed by atoms with Crippen LogP contribution in [0, 0.1) is 11.3 Å². The van der Waals surface area contributed by atoms with Crippen molar-refractivity contribution >= 4 is 27.5 Å². The number of nitrogens with zero attached hydrogens (tertiary/aromatic N) is 2. The second-order valence-electron chi connectivity index (χ2n) is 6.88. The fourth-order valence-electron chi connectivity index (χ4n) is 3.55. The third-order valence-corrected chi connectivity index (χ3v) is 7.71. The van der Waals surface area contributed by atoms with E-state index in [0.29, 0.717) is 5.56 Å². The monoisotopic (exact) mass is 434 g/mol. The zero-order chi connectivity index (χ0) is 21.0. The fraction of sp³-hybridized carbons (Fsp3) is 0.421. The molecule has 0 aliphatic heterocycles. The van der Waals surface area contributed by atoms with Gasteiger partial charge in [0.25, 0.3) is 0 Å². The van der Waals surface area contributed by atoms with Crippen LogP contribution in [0.1, 0.15) is 49.1 Å². The Balaban J connectivity index is 1.86. The van der Waals surface area contributed by atoms with Gasteiger partial charge < -0.3 is 10.4 Å². The molecule has 0 atom stereocenters. The second kappa shape index (κ2) is 8.90. The Labute approximate surface area is 173 Å². The van der Waals surface area contributed by atoms with E-state index in [1.807, 2.05) is 6.07 Å². The van der Waals surface area contributed by atoms with Gasteiger partial charge in [-0.1, -0.05) is 13.0 Å². The van der Waals surface area contributed by atoms with Crippen LogP contribution in [0.15, 0.2) is 29.3 Å². The van der Waals surface area contributed by atoms with Gasteiger partial charge in [0.15, 0.2) is 0 Å². The minimum Gasteiger partial charge on any atom is -0.465 e. The first kappa shape index (κ1) is 21.2. The third-order valence-electron chi connectivity index (χ3n) is 4.93. The van der Waals surface area contributed by atoms with Gasteiger partial charge in [-0.25, -0.2) is 22.9 Å². The highest BCUT2D eigenvalue weighted by Gasteiger charge is 2.26. The van der Waals surface area contributed by atoms with Gasteiger partial charge >= 0.3 is 6.09 Å². The highest BCUT2D eigenvalue weighted by atomic mass is 32.2. The molecule has 8 nitrogen and oxygen atoms in total. The zero-order valence-electron chi connectivity index (χ0n) is 15.9. The number of carboxylic acid groups (broad SMARTS) is 1. The van der Waals surface area contributed by atoms with Crippen molar-refractivity contribution in [2.24, 2.45) is 0 Å². The van der Waals surface area contributed by atoms with E-state index in [2.05, 4.69) is 15.0 Å². The van der Waals surface area contributed by atoms with Gasteiger partial charge in [-0.05, 0) is 37.8 Å². The number of rotatable bonds is 6. The quantitative estimate of drug-likeness (QED) is 0.639. The molecular formula is C19H22N4O4S2. The van der Waals surface area contributed by atoms with Gasteiger partial charge in [-0.15, -0.1) is 11.3 Å². The molecule has 1 heterocycles. The molecule has 1 aromatic heterocycles. The van der Waals surface area contributed by atoms with Crippen LogP contribution >= 0.6 is 11.3 Å². The number of nitrogens with one attached hydrogen (secondary N) is 2. The number of hydrogen-bond acceptors (Lipinski definition) is 6. The van der Waals surface area contributed by atoms with Crippen molar-refractivity contribution in [1.82, 2.24) is 15.0 Å². The molecule has 1 aromatic carbocycles. The van der Waals surface area contributed by atoms with Gasteiger partial charge in [0.05, 0.1) is 26.4 Å². The highest BCUT2D eigenvalue weighted by Crippen LogP contribution is 2.39. The van der Waals surface area contributed by atoms with Crippen molar-refractivity contribution < 1.29 is 18.3 Å². The topological polar surface area (TPSA) is 132 Å². The number of nitriles is 1. The molecule has 3 N–H and O–H groups in total. The molecule has 0 unspecified atom stereocenters. The van der Waals surface area contributed by atoms with Crippen LogP contribution in [0.5, 0.6) is 0 Å². The second-order valence-corrected chi connectivity index (χ2v) is 9.68. The lowest BCUT2D eigenvalue weighted by atomic mass is 9.86. The van der Waals surface area contributed by atoms with E-state index in [0.717, 1.165) is 35.6 Å². The minimum atomic E-state index is -3.74. The molecule has 1 aliphatic carbocycles. The third kappa shape index (κ3) is 4.93. The molecule has 154 valence electrons. The summed E-state index contributed by atoms with van der Waals surface area (Å²) >= 11 is 1.45. The molecule has 29 heavy (non-hydrogen) atoms. The maximum Gasteiger partial charge on any atom is 0.404 e. The van der Waals surface area contributed by atoms with Crippen molar-refractivity contribution in [3.63, 3.8) is 0 Å². The predicted octanol–water partition coefficient (Wildman–Crippen LogP) is 3.27. The summed E-state index contributed by atoms with van der Waals surface area (Å²) in [5.74, 6) is 0.229. The van der Waals surface area contributed by atoms with Crippen LogP contribution in [-0.4, -0.2) is 37.2 Å². The number of amides is 1. The average molecular weight is 435 g/mol. The van der Waals surface area contributed by atoms with Gasteiger partial charge in [-0.3, -0.25) is 0 Å². The minimum absolute atomic E-state index is 0.0291. The molecule has 1 fully saturated rings. The summed E-state index contributed by atoms with van der Waals surface area (Å²) in [5, 5.41) is 21.5. The lowest BCUT2D eigenvalue weighted by molar-refractivity contribution is 0.185. The number of aromatic nitrogens is 1. The number of hydrogen-bond donors (Lipinski definition) is 3. The van der Waals surface area contributed by atoms with Crippen LogP contribution in [0.4, 0.5) is 4.79 Å². The Morgan fingerprint density at radius 3 is 2.69 bits per heavy atom. The molecule has 0 bridgehead atoms. The molecule has 10 heteroatoms. The molecule has 2 aromatic rings. The Bertz CT molecular complexity index is 1030. The number of sulfonamides is 1. The van der Waals surface area contributed by atoms with Crippen LogP contribution in [0.2, 0.25) is 0 Å². The van der Waals surface area contributed by atoms with E-state index >= 15 is 0 Å². The highest BCUT2D eigenvalue weighted by molar-refractivity contribution is 7.89. The summed E-state index contributed by atoms with van der Waals surface area (Å²) < 4.78 is 27.8. The van der Waals surface area contributed by atoms with Crippen molar-refractivity contribution in [3.05, 3.63) is 35.0 Å². The zero-order valence-corrected chi connectivity index (χ0v) is 17.5. The van der Waals surface area contributed by atoms with Crippen LogP contribution in [-0.2, 0) is 10.0 Å². The van der Waals surface area contributed by atoms with Crippen molar-refractivity contribution in [2.45, 2.75) is 49.5 Å². The first-order chi connectivity index (χ1) is 13.8. The van der Waals surface area contributed by atoms with E-state index in [4.69, 9.17) is 10.4 Å². The molecule has 0 saturated heterocycles. The van der Waals surface area contributed by atoms with Gasteiger partial charge in [0.2, 0.25) is 10.0 Å². The molecular weight excluding hydrogens is 412 g/mol. The lowest BCUT2D eigenvalue weighted by Crippen LogP contribution is -2.36. The van der Waals surface area contributed by atoms with Crippen molar-refractivity contribution in [1.29, 1.82) is 5.26 Å². The van der Waals surface area contributed by atoms with E-state index in [1.54, 1.807) is 25.3 Å². The summed E-state index contributed by atoms with van der Waals surface area (Å²) in [5.41, 5.74) is 0.800. The largest absolute Gasteiger partial charge is 0.465 e. The summed E-state index contributed by atoms with van der Waals surface area (Å²) in [6.45, 7) is 1.95. The number of thiazole rings is 1. The SMILES string of the molecule is CCNS(=O)(=O)c1cc(C#N)ccc1-c1cnc(C2CCC(NC(=O)O)CC2)s1. The van der Waals surface area contributed by atoms with Crippen LogP contribution in [0.3, 0.4) is 0 Å². The van der Waals surface area contributed by atoms with Gasteiger partial charge in [0, 0.05) is 30.3 Å². The molecule has 1 aliphatic rings. The maximum atomic E-state index is 12.6. The van der Waals surface area contributed by atoms with Crippen molar-refractivity contribution in [2.75, 3.05) is 6.54 Å².